The van der Waals surface area contributed by atoms with E-state index in [9.17, 15) is 13.2 Å². The first-order chi connectivity index (χ1) is 9.50. The van der Waals surface area contributed by atoms with Gasteiger partial charge in [-0.15, -0.1) is 0 Å². The molecule has 20 heavy (non-hydrogen) atoms. The van der Waals surface area contributed by atoms with Crippen molar-refractivity contribution >= 4 is 21.4 Å². The van der Waals surface area contributed by atoms with E-state index in [-0.39, 0.29) is 23.5 Å². The van der Waals surface area contributed by atoms with Gasteiger partial charge in [0.05, 0.1) is 11.5 Å². The van der Waals surface area contributed by atoms with Gasteiger partial charge < -0.3 is 10.6 Å². The Morgan fingerprint density at radius 1 is 1.40 bits per heavy atom. The number of nitrogens with zero attached hydrogens (tertiary/aromatic N) is 1. The average molecular weight is 297 g/mol. The van der Waals surface area contributed by atoms with Gasteiger partial charge in [0, 0.05) is 24.5 Å². The van der Waals surface area contributed by atoms with E-state index in [0.29, 0.717) is 18.5 Å². The second-order valence-corrected chi connectivity index (χ2v) is 7.16. The topological polar surface area (TPSA) is 88.2 Å². The van der Waals surface area contributed by atoms with E-state index in [1.807, 2.05) is 6.92 Å². The molecule has 6 nitrogen and oxygen atoms in total. The van der Waals surface area contributed by atoms with E-state index in [0.717, 1.165) is 12.2 Å². The van der Waals surface area contributed by atoms with Crippen LogP contribution in [0.4, 0.5) is 5.69 Å². The molecule has 1 aromatic heterocycles. The third-order valence-corrected chi connectivity index (χ3v) is 4.98. The number of rotatable bonds is 4. The second-order valence-electron chi connectivity index (χ2n) is 4.86. The van der Waals surface area contributed by atoms with Crippen molar-refractivity contribution in [3.63, 3.8) is 0 Å². The van der Waals surface area contributed by atoms with Crippen LogP contribution < -0.4 is 10.6 Å². The molecule has 1 aliphatic heterocycles. The molecule has 0 bridgehead atoms. The zero-order valence-corrected chi connectivity index (χ0v) is 12.2. The Morgan fingerprint density at radius 2 is 2.10 bits per heavy atom. The van der Waals surface area contributed by atoms with Crippen LogP contribution in [0, 0.1) is 0 Å². The predicted molar refractivity (Wildman–Crippen MR) is 77.5 cm³/mol. The largest absolute Gasteiger partial charge is 0.385 e. The molecule has 0 saturated carbocycles. The SMILES string of the molecule is CCNc1ccnc(C(=O)NC2CCS(=O)(=O)CC2)c1. The highest BCUT2D eigenvalue weighted by Gasteiger charge is 2.25. The summed E-state index contributed by atoms with van der Waals surface area (Å²) in [5, 5.41) is 5.97. The minimum atomic E-state index is -2.91. The van der Waals surface area contributed by atoms with Gasteiger partial charge in [-0.2, -0.15) is 0 Å². The van der Waals surface area contributed by atoms with Crippen LogP contribution in [0.25, 0.3) is 0 Å². The summed E-state index contributed by atoms with van der Waals surface area (Å²) >= 11 is 0. The Morgan fingerprint density at radius 3 is 2.75 bits per heavy atom. The van der Waals surface area contributed by atoms with Crippen molar-refractivity contribution in [2.24, 2.45) is 0 Å². The molecular formula is C13H19N3O3S. The molecule has 0 unspecified atom stereocenters. The minimum Gasteiger partial charge on any atom is -0.385 e. The quantitative estimate of drug-likeness (QED) is 0.859. The number of amides is 1. The van der Waals surface area contributed by atoms with Crippen LogP contribution in [0.2, 0.25) is 0 Å². The lowest BCUT2D eigenvalue weighted by Gasteiger charge is -2.22. The van der Waals surface area contributed by atoms with Gasteiger partial charge in [0.2, 0.25) is 0 Å². The lowest BCUT2D eigenvalue weighted by atomic mass is 10.1. The maximum absolute atomic E-state index is 12.1. The van der Waals surface area contributed by atoms with Crippen LogP contribution in [-0.4, -0.2) is 43.4 Å². The highest BCUT2D eigenvalue weighted by atomic mass is 32.2. The zero-order chi connectivity index (χ0) is 14.6. The van der Waals surface area contributed by atoms with Crippen LogP contribution >= 0.6 is 0 Å². The van der Waals surface area contributed by atoms with Crippen molar-refractivity contribution in [2.45, 2.75) is 25.8 Å². The van der Waals surface area contributed by atoms with E-state index >= 15 is 0 Å². The van der Waals surface area contributed by atoms with E-state index in [1.54, 1.807) is 18.3 Å². The number of aromatic nitrogens is 1. The molecule has 1 aliphatic rings. The van der Waals surface area contributed by atoms with E-state index < -0.39 is 9.84 Å². The Labute approximate surface area is 118 Å². The summed E-state index contributed by atoms with van der Waals surface area (Å²) in [5.41, 5.74) is 1.19. The first-order valence-corrected chi connectivity index (χ1v) is 8.53. The molecule has 1 saturated heterocycles. The zero-order valence-electron chi connectivity index (χ0n) is 11.4. The molecule has 1 amide bonds. The van der Waals surface area contributed by atoms with Crippen molar-refractivity contribution in [1.82, 2.24) is 10.3 Å². The molecule has 1 fully saturated rings. The fraction of sp³-hybridized carbons (Fsp3) is 0.538. The maximum atomic E-state index is 12.1. The van der Waals surface area contributed by atoms with Gasteiger partial charge in [-0.3, -0.25) is 9.78 Å². The van der Waals surface area contributed by atoms with E-state index in [2.05, 4.69) is 15.6 Å². The van der Waals surface area contributed by atoms with Gasteiger partial charge in [-0.05, 0) is 31.9 Å². The molecule has 7 heteroatoms. The van der Waals surface area contributed by atoms with Gasteiger partial charge in [0.15, 0.2) is 0 Å². The Kier molecular flexibility index (Phi) is 4.59. The summed E-state index contributed by atoms with van der Waals surface area (Å²) in [6, 6.07) is 3.40. The van der Waals surface area contributed by atoms with Gasteiger partial charge in [0.1, 0.15) is 15.5 Å². The first-order valence-electron chi connectivity index (χ1n) is 6.71. The number of pyridine rings is 1. The summed E-state index contributed by atoms with van der Waals surface area (Å²) in [7, 11) is -2.91. The summed E-state index contributed by atoms with van der Waals surface area (Å²) in [6.07, 6.45) is 2.53. The van der Waals surface area contributed by atoms with Crippen LogP contribution in [0.3, 0.4) is 0 Å². The summed E-state index contributed by atoms with van der Waals surface area (Å²) < 4.78 is 22.7. The predicted octanol–water partition coefficient (Wildman–Crippen LogP) is 0.820. The van der Waals surface area contributed by atoms with Crippen molar-refractivity contribution in [3.05, 3.63) is 24.0 Å². The fourth-order valence-electron chi connectivity index (χ4n) is 2.16. The third kappa shape index (κ3) is 3.93. The molecular weight excluding hydrogens is 278 g/mol. The lowest BCUT2D eigenvalue weighted by Crippen LogP contribution is -2.41. The number of hydrogen-bond acceptors (Lipinski definition) is 5. The number of anilines is 1. The first kappa shape index (κ1) is 14.8. The van der Waals surface area contributed by atoms with Gasteiger partial charge >= 0.3 is 0 Å². The van der Waals surface area contributed by atoms with Crippen molar-refractivity contribution in [1.29, 1.82) is 0 Å². The van der Waals surface area contributed by atoms with Gasteiger partial charge in [0.25, 0.3) is 5.91 Å². The molecule has 0 spiro atoms. The normalized spacial score (nSPS) is 18.4. The molecule has 2 N–H and O–H groups in total. The van der Waals surface area contributed by atoms with Crippen molar-refractivity contribution in [2.75, 3.05) is 23.4 Å². The maximum Gasteiger partial charge on any atom is 0.270 e. The molecule has 0 aromatic carbocycles. The molecule has 0 atom stereocenters. The number of sulfone groups is 1. The smallest absolute Gasteiger partial charge is 0.270 e. The van der Waals surface area contributed by atoms with Crippen LogP contribution in [0.15, 0.2) is 18.3 Å². The monoisotopic (exact) mass is 297 g/mol. The average Bonchev–Trinajstić information content (AvgIpc) is 2.42. The van der Waals surface area contributed by atoms with E-state index in [1.165, 1.54) is 0 Å². The van der Waals surface area contributed by atoms with Crippen molar-refractivity contribution in [3.8, 4) is 0 Å². The van der Waals surface area contributed by atoms with Crippen LogP contribution in [-0.2, 0) is 9.84 Å². The Hall–Kier alpha value is -1.63. The highest BCUT2D eigenvalue weighted by molar-refractivity contribution is 7.91. The number of carbonyl (C=O) groups excluding carboxylic acids is 1. The van der Waals surface area contributed by atoms with E-state index in [4.69, 9.17) is 0 Å². The highest BCUT2D eigenvalue weighted by Crippen LogP contribution is 2.13. The molecule has 0 aliphatic carbocycles. The number of nitrogens with one attached hydrogen (secondary N) is 2. The Balaban J connectivity index is 1.96. The van der Waals surface area contributed by atoms with Crippen LogP contribution in [0.5, 0.6) is 0 Å². The Bertz CT molecular complexity index is 572. The molecule has 2 heterocycles. The fourth-order valence-corrected chi connectivity index (χ4v) is 3.65. The molecule has 110 valence electrons. The summed E-state index contributed by atoms with van der Waals surface area (Å²) in [5.74, 6) is 0.0278. The van der Waals surface area contributed by atoms with Crippen LogP contribution in [0.1, 0.15) is 30.3 Å². The second kappa shape index (κ2) is 6.21. The lowest BCUT2D eigenvalue weighted by molar-refractivity contribution is 0.0929. The molecule has 1 aromatic rings. The molecule has 2 rings (SSSR count). The van der Waals surface area contributed by atoms with Crippen molar-refractivity contribution < 1.29 is 13.2 Å². The number of hydrogen-bond donors (Lipinski definition) is 2. The molecule has 0 radical (unpaired) electrons. The van der Waals surface area contributed by atoms with Gasteiger partial charge in [-0.1, -0.05) is 0 Å². The third-order valence-electron chi connectivity index (χ3n) is 3.26. The summed E-state index contributed by atoms with van der Waals surface area (Å²) in [4.78, 5) is 16.1. The summed E-state index contributed by atoms with van der Waals surface area (Å²) in [6.45, 7) is 2.74. The number of carbonyl (C=O) groups is 1. The standard InChI is InChI=1S/C13H19N3O3S/c1-2-14-11-3-6-15-12(9-11)13(17)16-10-4-7-20(18,19)8-5-10/h3,6,9-10H,2,4-5,7-8H2,1H3,(H,14,15)(H,16,17). The van der Waals surface area contributed by atoms with Gasteiger partial charge in [-0.25, -0.2) is 8.42 Å². The minimum absolute atomic E-state index is 0.0874.